The van der Waals surface area contributed by atoms with Gasteiger partial charge >= 0.3 is 0 Å². The molecule has 0 aliphatic heterocycles. The summed E-state index contributed by atoms with van der Waals surface area (Å²) in [4.78, 5) is 27.6. The van der Waals surface area contributed by atoms with Crippen LogP contribution in [-0.4, -0.2) is 33.6 Å². The number of amides is 2. The number of carbonyl (C=O) groups excluding carboxylic acids is 2. The normalized spacial score (nSPS) is 10.4. The van der Waals surface area contributed by atoms with Gasteiger partial charge in [0.25, 0.3) is 5.91 Å². The maximum Gasteiger partial charge on any atom is 0.258 e. The Balaban J connectivity index is 1.71. The monoisotopic (exact) mass is 325 g/mol. The first-order valence-electron chi connectivity index (χ1n) is 7.20. The van der Waals surface area contributed by atoms with Crippen molar-refractivity contribution in [1.82, 2.24) is 20.1 Å². The maximum absolute atomic E-state index is 12.3. The molecule has 0 bridgehead atoms. The fraction of sp³-hybridized carbons (Fsp3) is 0.125. The highest BCUT2D eigenvalue weighted by molar-refractivity contribution is 6.04. The third-order valence-corrected chi connectivity index (χ3v) is 3.33. The topological polar surface area (TPSA) is 102 Å². The molecule has 3 aromatic rings. The van der Waals surface area contributed by atoms with Crippen molar-refractivity contribution in [3.05, 3.63) is 54.7 Å². The number of nitrogens with one attached hydrogen (secondary N) is 2. The van der Waals surface area contributed by atoms with E-state index < -0.39 is 0 Å². The predicted octanol–water partition coefficient (Wildman–Crippen LogP) is 1.54. The molecule has 0 aliphatic carbocycles. The molecule has 24 heavy (non-hydrogen) atoms. The molecule has 0 saturated carbocycles. The van der Waals surface area contributed by atoms with E-state index in [0.29, 0.717) is 5.56 Å². The minimum Gasteiger partial charge on any atom is -0.472 e. The van der Waals surface area contributed by atoms with E-state index in [1.54, 1.807) is 30.7 Å². The first kappa shape index (κ1) is 15.5. The number of nitrogens with zero attached hydrogens (tertiary/aromatic N) is 3. The quantitative estimate of drug-likeness (QED) is 0.741. The summed E-state index contributed by atoms with van der Waals surface area (Å²) in [6.45, 7) is 0.0370. The van der Waals surface area contributed by atoms with Gasteiger partial charge in [0.05, 0.1) is 12.5 Å². The highest BCUT2D eigenvalue weighted by atomic mass is 16.3. The number of hydrogen-bond donors (Lipinski definition) is 2. The van der Waals surface area contributed by atoms with E-state index in [1.807, 2.05) is 12.1 Å². The number of aromatic nitrogens is 3. The summed E-state index contributed by atoms with van der Waals surface area (Å²) in [5, 5.41) is 9.13. The second-order valence-electron chi connectivity index (χ2n) is 4.99. The number of hydrogen-bond acceptors (Lipinski definition) is 5. The number of benzene rings is 1. The van der Waals surface area contributed by atoms with Gasteiger partial charge < -0.3 is 9.73 Å². The summed E-state index contributed by atoms with van der Waals surface area (Å²) in [5.41, 5.74) is 2.23. The van der Waals surface area contributed by atoms with Gasteiger partial charge in [-0.15, -0.1) is 5.10 Å². The van der Waals surface area contributed by atoms with Crippen LogP contribution in [0.4, 0.5) is 5.95 Å². The number of rotatable bonds is 5. The van der Waals surface area contributed by atoms with Crippen LogP contribution in [0.25, 0.3) is 11.1 Å². The van der Waals surface area contributed by atoms with Gasteiger partial charge in [-0.3, -0.25) is 14.9 Å². The third kappa shape index (κ3) is 3.49. The van der Waals surface area contributed by atoms with Crippen molar-refractivity contribution in [3.63, 3.8) is 0 Å². The first-order valence-corrected chi connectivity index (χ1v) is 7.20. The van der Waals surface area contributed by atoms with Crippen LogP contribution >= 0.6 is 0 Å². The van der Waals surface area contributed by atoms with Crippen molar-refractivity contribution >= 4 is 17.8 Å². The number of carbonyl (C=O) groups is 2. The lowest BCUT2D eigenvalue weighted by Crippen LogP contribution is -2.23. The molecular weight excluding hydrogens is 310 g/mol. The highest BCUT2D eigenvalue weighted by Crippen LogP contribution is 2.21. The van der Waals surface area contributed by atoms with E-state index in [0.717, 1.165) is 11.1 Å². The molecule has 0 aliphatic rings. The Morgan fingerprint density at radius 2 is 2.12 bits per heavy atom. The molecule has 0 saturated heterocycles. The van der Waals surface area contributed by atoms with Gasteiger partial charge in [-0.25, -0.2) is 9.67 Å². The van der Waals surface area contributed by atoms with Crippen molar-refractivity contribution < 1.29 is 14.0 Å². The van der Waals surface area contributed by atoms with Crippen molar-refractivity contribution in [3.8, 4) is 11.1 Å². The van der Waals surface area contributed by atoms with Crippen LogP contribution in [0.3, 0.4) is 0 Å². The minimum absolute atomic E-state index is 0.0370. The molecule has 0 spiro atoms. The lowest BCUT2D eigenvalue weighted by atomic mass is 10.1. The molecule has 0 radical (unpaired) electrons. The third-order valence-electron chi connectivity index (χ3n) is 3.33. The molecule has 0 fully saturated rings. The Kier molecular flexibility index (Phi) is 4.37. The highest BCUT2D eigenvalue weighted by Gasteiger charge is 2.11. The smallest absolute Gasteiger partial charge is 0.258 e. The predicted molar refractivity (Wildman–Crippen MR) is 86.2 cm³/mol. The van der Waals surface area contributed by atoms with Crippen LogP contribution in [0.2, 0.25) is 0 Å². The molecule has 122 valence electrons. The van der Waals surface area contributed by atoms with Gasteiger partial charge in [0.1, 0.15) is 12.9 Å². The summed E-state index contributed by atoms with van der Waals surface area (Å²) >= 11 is 0. The molecule has 0 atom stereocenters. The van der Waals surface area contributed by atoms with E-state index in [-0.39, 0.29) is 24.3 Å². The van der Waals surface area contributed by atoms with Crippen LogP contribution in [0, 0.1) is 0 Å². The standard InChI is InChI=1S/C16H15N5O3/c1-17-14(22)8-21-10-18-16(20-21)19-15(23)12-4-2-3-11(7-12)13-5-6-24-9-13/h2-7,9-10H,8H2,1H3,(H,17,22)(H,19,20,23). The fourth-order valence-electron chi connectivity index (χ4n) is 2.10. The average Bonchev–Trinajstić information content (AvgIpc) is 3.27. The Hall–Kier alpha value is -3.42. The molecule has 8 heteroatoms. The van der Waals surface area contributed by atoms with E-state index in [2.05, 4.69) is 20.7 Å². The van der Waals surface area contributed by atoms with Gasteiger partial charge in [0, 0.05) is 18.2 Å². The van der Waals surface area contributed by atoms with Crippen molar-refractivity contribution in [2.24, 2.45) is 0 Å². The summed E-state index contributed by atoms with van der Waals surface area (Å²) in [6.07, 6.45) is 4.57. The van der Waals surface area contributed by atoms with Gasteiger partial charge in [0.15, 0.2) is 0 Å². The zero-order valence-corrected chi connectivity index (χ0v) is 12.9. The Morgan fingerprint density at radius 1 is 1.25 bits per heavy atom. The second kappa shape index (κ2) is 6.78. The van der Waals surface area contributed by atoms with Crippen LogP contribution < -0.4 is 10.6 Å². The summed E-state index contributed by atoms with van der Waals surface area (Å²) in [5.74, 6) is -0.402. The lowest BCUT2D eigenvalue weighted by molar-refractivity contribution is -0.121. The molecule has 2 heterocycles. The number of furan rings is 1. The van der Waals surface area contributed by atoms with Crippen molar-refractivity contribution in [2.75, 3.05) is 12.4 Å². The van der Waals surface area contributed by atoms with Crippen LogP contribution in [0.15, 0.2) is 53.6 Å². The molecule has 3 rings (SSSR count). The van der Waals surface area contributed by atoms with Crippen LogP contribution in [0.5, 0.6) is 0 Å². The lowest BCUT2D eigenvalue weighted by Gasteiger charge is -2.03. The molecule has 2 amide bonds. The maximum atomic E-state index is 12.3. The Bertz CT molecular complexity index is 854. The fourth-order valence-corrected chi connectivity index (χ4v) is 2.10. The van der Waals surface area contributed by atoms with Crippen LogP contribution in [0.1, 0.15) is 10.4 Å². The van der Waals surface area contributed by atoms with Gasteiger partial charge in [0.2, 0.25) is 11.9 Å². The SMILES string of the molecule is CNC(=O)Cn1cnc(NC(=O)c2cccc(-c3ccoc3)c2)n1. The zero-order chi connectivity index (χ0) is 16.9. The van der Waals surface area contributed by atoms with Crippen molar-refractivity contribution in [2.45, 2.75) is 6.54 Å². The molecule has 0 unspecified atom stereocenters. The van der Waals surface area contributed by atoms with Gasteiger partial charge in [-0.05, 0) is 23.8 Å². The summed E-state index contributed by atoms with van der Waals surface area (Å²) in [7, 11) is 1.54. The molecular formula is C16H15N5O3. The zero-order valence-electron chi connectivity index (χ0n) is 12.9. The van der Waals surface area contributed by atoms with Gasteiger partial charge in [-0.2, -0.15) is 0 Å². The van der Waals surface area contributed by atoms with E-state index in [9.17, 15) is 9.59 Å². The van der Waals surface area contributed by atoms with E-state index >= 15 is 0 Å². The molecule has 2 aromatic heterocycles. The van der Waals surface area contributed by atoms with Crippen molar-refractivity contribution in [1.29, 1.82) is 0 Å². The second-order valence-corrected chi connectivity index (χ2v) is 4.99. The largest absolute Gasteiger partial charge is 0.472 e. The number of likely N-dealkylation sites (N-methyl/N-ethyl adjacent to an activating group) is 1. The summed E-state index contributed by atoms with van der Waals surface area (Å²) < 4.78 is 6.40. The first-order chi connectivity index (χ1) is 11.7. The molecule has 2 N–H and O–H groups in total. The number of anilines is 1. The van der Waals surface area contributed by atoms with Gasteiger partial charge in [-0.1, -0.05) is 12.1 Å². The minimum atomic E-state index is -0.335. The summed E-state index contributed by atoms with van der Waals surface area (Å²) in [6, 6.07) is 8.94. The molecule has 1 aromatic carbocycles. The molecule has 8 nitrogen and oxygen atoms in total. The Labute approximate surface area is 137 Å². The van der Waals surface area contributed by atoms with E-state index in [1.165, 1.54) is 18.1 Å². The average molecular weight is 325 g/mol. The Morgan fingerprint density at radius 3 is 2.88 bits per heavy atom. The van der Waals surface area contributed by atoms with Crippen LogP contribution in [-0.2, 0) is 11.3 Å². The van der Waals surface area contributed by atoms with E-state index in [4.69, 9.17) is 4.42 Å².